The fourth-order valence-corrected chi connectivity index (χ4v) is 5.52. The lowest BCUT2D eigenvalue weighted by Crippen LogP contribution is -2.13. The number of aryl methyl sites for hydroxylation is 1. The second-order valence-corrected chi connectivity index (χ2v) is 11.7. The van der Waals surface area contributed by atoms with Crippen LogP contribution in [0.4, 0.5) is 52.4 Å². The number of azo groups is 3. The van der Waals surface area contributed by atoms with Gasteiger partial charge in [-0.05, 0) is 68.3 Å². The van der Waals surface area contributed by atoms with Crippen molar-refractivity contribution in [3.8, 4) is 0 Å². The van der Waals surface area contributed by atoms with Gasteiger partial charge < -0.3 is 5.32 Å². The summed E-state index contributed by atoms with van der Waals surface area (Å²) in [6.45, 7) is 6.16. The number of hydrogen-bond donors (Lipinski definition) is 1. The van der Waals surface area contributed by atoms with Crippen LogP contribution in [0.3, 0.4) is 0 Å². The Morgan fingerprint density at radius 3 is 1.79 bits per heavy atom. The van der Waals surface area contributed by atoms with Gasteiger partial charge in [-0.25, -0.2) is 4.98 Å². The summed E-state index contributed by atoms with van der Waals surface area (Å²) in [4.78, 5) is 3.47. The van der Waals surface area contributed by atoms with Gasteiger partial charge in [0.1, 0.15) is 0 Å². The van der Waals surface area contributed by atoms with E-state index in [1.807, 2.05) is 61.5 Å². The zero-order valence-electron chi connectivity index (χ0n) is 25.7. The summed E-state index contributed by atoms with van der Waals surface area (Å²) in [6.07, 6.45) is -3.50. The number of nitrogens with zero attached hydrogens (tertiary/aromatic N) is 7. The van der Waals surface area contributed by atoms with Crippen molar-refractivity contribution in [3.63, 3.8) is 0 Å². The third-order valence-corrected chi connectivity index (χ3v) is 8.26. The van der Waals surface area contributed by atoms with E-state index in [1.54, 1.807) is 18.2 Å². The Hall–Kier alpha value is -5.36. The summed E-state index contributed by atoms with van der Waals surface area (Å²) >= 11 is 0.775. The second kappa shape index (κ2) is 13.6. The summed E-state index contributed by atoms with van der Waals surface area (Å²) < 4.78 is 38.4. The number of halogens is 3. The molecule has 0 aliphatic heterocycles. The van der Waals surface area contributed by atoms with Gasteiger partial charge in [-0.1, -0.05) is 55.5 Å². The third kappa shape index (κ3) is 7.23. The Labute approximate surface area is 272 Å². The summed E-state index contributed by atoms with van der Waals surface area (Å²) in [5, 5.41) is 34.5. The molecule has 0 amide bonds. The predicted octanol–water partition coefficient (Wildman–Crippen LogP) is 13.2. The first-order valence-corrected chi connectivity index (χ1v) is 15.8. The van der Waals surface area contributed by atoms with Crippen LogP contribution >= 0.6 is 11.3 Å². The van der Waals surface area contributed by atoms with E-state index in [1.165, 1.54) is 0 Å². The highest BCUT2D eigenvalue weighted by Gasteiger charge is 2.33. The molecule has 12 heteroatoms. The summed E-state index contributed by atoms with van der Waals surface area (Å²) in [5.41, 5.74) is 4.08. The molecule has 8 nitrogen and oxygen atoms in total. The van der Waals surface area contributed by atoms with Gasteiger partial charge in [0.05, 0.1) is 28.4 Å². The molecular weight excluding hydrogens is 622 g/mol. The van der Waals surface area contributed by atoms with Crippen molar-refractivity contribution in [2.75, 3.05) is 5.32 Å². The molecule has 0 spiro atoms. The summed E-state index contributed by atoms with van der Waals surface area (Å²) in [7, 11) is 0. The molecule has 0 radical (unpaired) electrons. The number of hydrogen-bond acceptors (Lipinski definition) is 9. The molecule has 6 aromatic rings. The molecule has 5 aromatic carbocycles. The van der Waals surface area contributed by atoms with Crippen LogP contribution in [0.1, 0.15) is 31.5 Å². The average molecular weight is 651 g/mol. The van der Waals surface area contributed by atoms with Crippen LogP contribution in [0.15, 0.2) is 127 Å². The molecular formula is C35H29F3N8S. The summed E-state index contributed by atoms with van der Waals surface area (Å²) in [5.74, 6) is 0. The number of benzene rings is 5. The quantitative estimate of drug-likeness (QED) is 0.157. The molecule has 1 aromatic heterocycles. The van der Waals surface area contributed by atoms with Crippen LogP contribution in [-0.2, 0) is 6.18 Å². The van der Waals surface area contributed by atoms with Crippen molar-refractivity contribution in [1.29, 1.82) is 0 Å². The van der Waals surface area contributed by atoms with Gasteiger partial charge in [-0.15, -0.1) is 36.9 Å². The molecule has 0 saturated heterocycles. The minimum absolute atomic E-state index is 0.0748. The number of thiazole rings is 1. The van der Waals surface area contributed by atoms with E-state index in [0.29, 0.717) is 28.8 Å². The Balaban J connectivity index is 1.23. The number of anilines is 1. The molecule has 1 unspecified atom stereocenters. The van der Waals surface area contributed by atoms with E-state index < -0.39 is 11.9 Å². The summed E-state index contributed by atoms with van der Waals surface area (Å²) in [6, 6.07) is 29.2. The van der Waals surface area contributed by atoms with Crippen LogP contribution in [0.2, 0.25) is 0 Å². The van der Waals surface area contributed by atoms with E-state index in [0.717, 1.165) is 61.6 Å². The van der Waals surface area contributed by atoms with Crippen molar-refractivity contribution in [2.24, 2.45) is 30.7 Å². The first-order chi connectivity index (χ1) is 22.7. The number of fused-ring (bicyclic) bond motifs is 2. The van der Waals surface area contributed by atoms with E-state index in [4.69, 9.17) is 0 Å². The molecule has 6 rings (SSSR count). The van der Waals surface area contributed by atoms with E-state index in [2.05, 4.69) is 73.0 Å². The van der Waals surface area contributed by atoms with Crippen LogP contribution < -0.4 is 5.32 Å². The smallest absolute Gasteiger partial charge is 0.382 e. The normalized spacial score (nSPS) is 13.1. The first kappa shape index (κ1) is 31.6. The van der Waals surface area contributed by atoms with Crippen molar-refractivity contribution in [1.82, 2.24) is 4.98 Å². The number of nitrogens with one attached hydrogen (secondary N) is 1. The van der Waals surface area contributed by atoms with Crippen LogP contribution in [0.25, 0.3) is 21.5 Å². The van der Waals surface area contributed by atoms with Crippen LogP contribution in [0, 0.1) is 6.92 Å². The minimum Gasteiger partial charge on any atom is -0.382 e. The van der Waals surface area contributed by atoms with Gasteiger partial charge in [0.25, 0.3) is 0 Å². The van der Waals surface area contributed by atoms with E-state index in [-0.39, 0.29) is 5.13 Å². The SMILES string of the molecule is CCC(C)Nc1ccc(/N=N/c2ccc(/N=N/c3ccc(/N=N/c4nc(C(F)(F)F)cs4)cc3C)c3ccccc23)c2ccccc12. The lowest BCUT2D eigenvalue weighted by Gasteiger charge is -2.15. The van der Waals surface area contributed by atoms with E-state index >= 15 is 0 Å². The topological polar surface area (TPSA) is 99.1 Å². The molecule has 1 atom stereocenters. The van der Waals surface area contributed by atoms with Gasteiger partial charge in [-0.2, -0.15) is 18.3 Å². The number of aromatic nitrogens is 1. The Morgan fingerprint density at radius 2 is 1.23 bits per heavy atom. The highest BCUT2D eigenvalue weighted by atomic mass is 32.1. The standard InChI is InChI=1S/C35H29F3N8S/c1-4-22(3)39-29-15-16-30(25-10-6-5-9-24(25)29)44-45-32-18-17-31(26-11-7-8-12-27(26)32)43-42-28-14-13-23(19-21(28)2)41-46-34-40-33(20-47-34)35(36,37)38/h5-20,22,39H,4H2,1-3H3/b43-42+,45-44+,46-41+. The molecule has 0 bridgehead atoms. The molecule has 236 valence electrons. The minimum atomic E-state index is -4.52. The van der Waals surface area contributed by atoms with E-state index in [9.17, 15) is 13.2 Å². The highest BCUT2D eigenvalue weighted by molar-refractivity contribution is 7.13. The van der Waals surface area contributed by atoms with Crippen molar-refractivity contribution >= 4 is 72.1 Å². The fourth-order valence-electron chi connectivity index (χ4n) is 4.88. The van der Waals surface area contributed by atoms with Gasteiger partial charge in [0, 0.05) is 38.7 Å². The molecule has 1 N–H and O–H groups in total. The second-order valence-electron chi connectivity index (χ2n) is 10.9. The molecule has 0 aliphatic rings. The molecule has 0 aliphatic carbocycles. The maximum Gasteiger partial charge on any atom is 0.434 e. The van der Waals surface area contributed by atoms with Gasteiger partial charge in [-0.3, -0.25) is 0 Å². The zero-order chi connectivity index (χ0) is 33.0. The number of alkyl halides is 3. The van der Waals surface area contributed by atoms with Gasteiger partial charge >= 0.3 is 6.18 Å². The molecule has 1 heterocycles. The third-order valence-electron chi connectivity index (χ3n) is 7.54. The average Bonchev–Trinajstić information content (AvgIpc) is 3.57. The monoisotopic (exact) mass is 650 g/mol. The lowest BCUT2D eigenvalue weighted by molar-refractivity contribution is -0.140. The van der Waals surface area contributed by atoms with Crippen molar-refractivity contribution in [2.45, 2.75) is 39.4 Å². The Kier molecular flexibility index (Phi) is 9.12. The van der Waals surface area contributed by atoms with Crippen LogP contribution in [-0.4, -0.2) is 11.0 Å². The van der Waals surface area contributed by atoms with Gasteiger partial charge in [0.15, 0.2) is 5.69 Å². The molecule has 47 heavy (non-hydrogen) atoms. The Bertz CT molecular complexity index is 2150. The lowest BCUT2D eigenvalue weighted by atomic mass is 10.1. The number of rotatable bonds is 9. The Morgan fingerprint density at radius 1 is 0.702 bits per heavy atom. The maximum atomic E-state index is 12.8. The highest BCUT2D eigenvalue weighted by Crippen LogP contribution is 2.38. The largest absolute Gasteiger partial charge is 0.434 e. The maximum absolute atomic E-state index is 12.8. The van der Waals surface area contributed by atoms with Crippen molar-refractivity contribution in [3.05, 3.63) is 108 Å². The fraction of sp³-hybridized carbons (Fsp3) is 0.171. The zero-order valence-corrected chi connectivity index (χ0v) is 26.5. The predicted molar refractivity (Wildman–Crippen MR) is 182 cm³/mol. The molecule has 0 fully saturated rings. The molecule has 0 saturated carbocycles. The van der Waals surface area contributed by atoms with Gasteiger partial charge in [0.2, 0.25) is 5.13 Å². The van der Waals surface area contributed by atoms with Crippen LogP contribution in [0.5, 0.6) is 0 Å². The first-order valence-electron chi connectivity index (χ1n) is 14.9. The van der Waals surface area contributed by atoms with Crippen molar-refractivity contribution < 1.29 is 13.2 Å².